The van der Waals surface area contributed by atoms with Crippen LogP contribution < -0.4 is 5.32 Å². The average Bonchev–Trinajstić information content (AvgIpc) is 2.46. The molecule has 2 aromatic rings. The minimum atomic E-state index is -2.96. The molecule has 0 saturated carbocycles. The van der Waals surface area contributed by atoms with Crippen molar-refractivity contribution in [3.05, 3.63) is 36.2 Å². The van der Waals surface area contributed by atoms with Gasteiger partial charge in [0.1, 0.15) is 9.84 Å². The van der Waals surface area contributed by atoms with Gasteiger partial charge in [0.25, 0.3) is 0 Å². The van der Waals surface area contributed by atoms with Gasteiger partial charge in [0, 0.05) is 24.7 Å². The fraction of sp³-hybridized carbons (Fsp3) is 0.467. The van der Waals surface area contributed by atoms with E-state index in [2.05, 4.69) is 22.2 Å². The molecular weight excluding hydrogens is 286 g/mol. The van der Waals surface area contributed by atoms with Crippen molar-refractivity contribution in [2.75, 3.05) is 18.6 Å². The predicted molar refractivity (Wildman–Crippen MR) is 84.9 cm³/mol. The molecule has 0 fully saturated rings. The molecule has 0 aliphatic carbocycles. The first-order valence-electron chi connectivity index (χ1n) is 7.11. The molecule has 1 aromatic carbocycles. The fourth-order valence-corrected chi connectivity index (χ4v) is 2.90. The first-order chi connectivity index (χ1) is 9.99. The third-order valence-corrected chi connectivity index (χ3v) is 4.29. The standard InChI is InChI=1S/C15H21N3O2S/c1-3-7-16-13(6-10-21(2,19)20)12-4-5-14-15(11-12)18-9-8-17-14/h4-5,8-9,11,13,16H,3,6-7,10H2,1-2H3. The fourth-order valence-electron chi connectivity index (χ4n) is 2.23. The molecule has 0 bridgehead atoms. The lowest BCUT2D eigenvalue weighted by atomic mass is 10.0. The lowest BCUT2D eigenvalue weighted by Gasteiger charge is -2.19. The van der Waals surface area contributed by atoms with Gasteiger partial charge in [0.05, 0.1) is 16.8 Å². The summed E-state index contributed by atoms with van der Waals surface area (Å²) < 4.78 is 22.8. The van der Waals surface area contributed by atoms with E-state index in [1.54, 1.807) is 12.4 Å². The van der Waals surface area contributed by atoms with Crippen molar-refractivity contribution < 1.29 is 8.42 Å². The smallest absolute Gasteiger partial charge is 0.147 e. The highest BCUT2D eigenvalue weighted by Crippen LogP contribution is 2.21. The summed E-state index contributed by atoms with van der Waals surface area (Å²) >= 11 is 0. The molecule has 1 unspecified atom stereocenters. The number of rotatable bonds is 7. The second-order valence-corrected chi connectivity index (χ2v) is 7.49. The van der Waals surface area contributed by atoms with Gasteiger partial charge in [0.2, 0.25) is 0 Å². The molecule has 0 amide bonds. The van der Waals surface area contributed by atoms with Gasteiger partial charge in [-0.25, -0.2) is 8.42 Å². The van der Waals surface area contributed by atoms with Crippen molar-refractivity contribution in [1.29, 1.82) is 0 Å². The number of nitrogens with one attached hydrogen (secondary N) is 1. The first-order valence-corrected chi connectivity index (χ1v) is 9.17. The molecule has 21 heavy (non-hydrogen) atoms. The highest BCUT2D eigenvalue weighted by atomic mass is 32.2. The van der Waals surface area contributed by atoms with E-state index in [1.165, 1.54) is 6.26 Å². The highest BCUT2D eigenvalue weighted by molar-refractivity contribution is 7.90. The van der Waals surface area contributed by atoms with E-state index in [0.29, 0.717) is 6.42 Å². The normalized spacial score (nSPS) is 13.4. The van der Waals surface area contributed by atoms with Gasteiger partial charge in [0.15, 0.2) is 0 Å². The number of aromatic nitrogens is 2. The lowest BCUT2D eigenvalue weighted by molar-refractivity contribution is 0.514. The number of hydrogen-bond donors (Lipinski definition) is 1. The van der Waals surface area contributed by atoms with E-state index in [4.69, 9.17) is 0 Å². The van der Waals surface area contributed by atoms with Gasteiger partial charge in [-0.3, -0.25) is 9.97 Å². The minimum Gasteiger partial charge on any atom is -0.310 e. The van der Waals surface area contributed by atoms with E-state index in [1.807, 2.05) is 18.2 Å². The summed E-state index contributed by atoms with van der Waals surface area (Å²) in [6.07, 6.45) is 6.17. The van der Waals surface area contributed by atoms with Crippen LogP contribution in [0.15, 0.2) is 30.6 Å². The van der Waals surface area contributed by atoms with Crippen LogP contribution in [0.25, 0.3) is 11.0 Å². The van der Waals surface area contributed by atoms with Crippen LogP contribution in [-0.4, -0.2) is 36.9 Å². The molecule has 5 nitrogen and oxygen atoms in total. The summed E-state index contributed by atoms with van der Waals surface area (Å²) in [5, 5.41) is 3.41. The Hall–Kier alpha value is -1.53. The third-order valence-electron chi connectivity index (χ3n) is 3.31. The largest absolute Gasteiger partial charge is 0.310 e. The maximum atomic E-state index is 11.4. The van der Waals surface area contributed by atoms with Crippen LogP contribution in [0.4, 0.5) is 0 Å². The summed E-state index contributed by atoms with van der Waals surface area (Å²) in [6, 6.07) is 5.93. The average molecular weight is 307 g/mol. The van der Waals surface area contributed by atoms with Crippen molar-refractivity contribution in [1.82, 2.24) is 15.3 Å². The maximum Gasteiger partial charge on any atom is 0.147 e. The Kier molecular flexibility index (Phi) is 5.25. The van der Waals surface area contributed by atoms with Crippen LogP contribution in [0.5, 0.6) is 0 Å². The summed E-state index contributed by atoms with van der Waals surface area (Å²) in [5.74, 6) is 0.173. The Morgan fingerprint density at radius 2 is 1.90 bits per heavy atom. The van der Waals surface area contributed by atoms with Crippen molar-refractivity contribution >= 4 is 20.9 Å². The zero-order valence-corrected chi connectivity index (χ0v) is 13.2. The van der Waals surface area contributed by atoms with Crippen LogP contribution in [-0.2, 0) is 9.84 Å². The van der Waals surface area contributed by atoms with Crippen LogP contribution >= 0.6 is 0 Å². The molecular formula is C15H21N3O2S. The van der Waals surface area contributed by atoms with E-state index in [0.717, 1.165) is 29.6 Å². The number of hydrogen-bond acceptors (Lipinski definition) is 5. The molecule has 6 heteroatoms. The molecule has 114 valence electrons. The molecule has 0 aliphatic heterocycles. The predicted octanol–water partition coefficient (Wildman–Crippen LogP) is 2.11. The summed E-state index contributed by atoms with van der Waals surface area (Å²) in [7, 11) is -2.96. The minimum absolute atomic E-state index is 0.0195. The van der Waals surface area contributed by atoms with E-state index in [-0.39, 0.29) is 11.8 Å². The Bertz CT molecular complexity index is 701. The summed E-state index contributed by atoms with van der Waals surface area (Å²) in [6.45, 7) is 2.94. The molecule has 1 N–H and O–H groups in total. The quantitative estimate of drug-likeness (QED) is 0.848. The molecule has 0 spiro atoms. The van der Waals surface area contributed by atoms with Gasteiger partial charge in [-0.1, -0.05) is 13.0 Å². The number of sulfone groups is 1. The van der Waals surface area contributed by atoms with Gasteiger partial charge >= 0.3 is 0 Å². The molecule has 0 aliphatic rings. The van der Waals surface area contributed by atoms with Crippen molar-refractivity contribution in [3.8, 4) is 0 Å². The van der Waals surface area contributed by atoms with Gasteiger partial charge < -0.3 is 5.32 Å². The monoisotopic (exact) mass is 307 g/mol. The second kappa shape index (κ2) is 6.95. The highest BCUT2D eigenvalue weighted by Gasteiger charge is 2.14. The van der Waals surface area contributed by atoms with Crippen molar-refractivity contribution in [2.24, 2.45) is 0 Å². The van der Waals surface area contributed by atoms with Crippen LogP contribution in [0, 0.1) is 0 Å². The van der Waals surface area contributed by atoms with Crippen molar-refractivity contribution in [2.45, 2.75) is 25.8 Å². The molecule has 0 radical (unpaired) electrons. The Labute approximate surface area is 125 Å². The maximum absolute atomic E-state index is 11.4. The summed E-state index contributed by atoms with van der Waals surface area (Å²) in [5.41, 5.74) is 2.73. The number of fused-ring (bicyclic) bond motifs is 1. The Balaban J connectivity index is 2.24. The first kappa shape index (κ1) is 15.9. The van der Waals surface area contributed by atoms with Gasteiger partial charge in [-0.15, -0.1) is 0 Å². The van der Waals surface area contributed by atoms with Gasteiger partial charge in [-0.05, 0) is 37.1 Å². The lowest BCUT2D eigenvalue weighted by Crippen LogP contribution is -2.24. The van der Waals surface area contributed by atoms with Crippen molar-refractivity contribution in [3.63, 3.8) is 0 Å². The Morgan fingerprint density at radius 1 is 1.19 bits per heavy atom. The molecule has 0 saturated heterocycles. The van der Waals surface area contributed by atoms with Crippen LogP contribution in [0.1, 0.15) is 31.4 Å². The second-order valence-electron chi connectivity index (χ2n) is 5.23. The zero-order valence-electron chi connectivity index (χ0n) is 12.4. The third kappa shape index (κ3) is 4.75. The number of benzene rings is 1. The van der Waals surface area contributed by atoms with E-state index < -0.39 is 9.84 Å². The van der Waals surface area contributed by atoms with Crippen LogP contribution in [0.2, 0.25) is 0 Å². The number of nitrogens with zero attached hydrogens (tertiary/aromatic N) is 2. The molecule has 1 aromatic heterocycles. The van der Waals surface area contributed by atoms with Gasteiger partial charge in [-0.2, -0.15) is 0 Å². The van der Waals surface area contributed by atoms with Crippen LogP contribution in [0.3, 0.4) is 0 Å². The molecule has 1 heterocycles. The zero-order chi connectivity index (χ0) is 15.3. The Morgan fingerprint density at radius 3 is 2.57 bits per heavy atom. The molecule has 1 atom stereocenters. The summed E-state index contributed by atoms with van der Waals surface area (Å²) in [4.78, 5) is 8.56. The van der Waals surface area contributed by atoms with E-state index >= 15 is 0 Å². The topological polar surface area (TPSA) is 72.0 Å². The van der Waals surface area contributed by atoms with E-state index in [9.17, 15) is 8.42 Å². The SMILES string of the molecule is CCCNC(CCS(C)(=O)=O)c1ccc2nccnc2c1. The molecule has 2 rings (SSSR count).